The molecule has 0 radical (unpaired) electrons. The van der Waals surface area contributed by atoms with Crippen LogP contribution in [0.25, 0.3) is 0 Å². The lowest BCUT2D eigenvalue weighted by Gasteiger charge is -2.30. The third kappa shape index (κ3) is 5.08. The lowest BCUT2D eigenvalue weighted by atomic mass is 9.96. The highest BCUT2D eigenvalue weighted by Gasteiger charge is 2.29. The molecule has 0 aromatic heterocycles. The number of hydrogen-bond donors (Lipinski definition) is 2. The summed E-state index contributed by atoms with van der Waals surface area (Å²) in [7, 11) is -2.41. The number of hydrogen-bond acceptors (Lipinski definition) is 5. The van der Waals surface area contributed by atoms with Crippen LogP contribution in [0.2, 0.25) is 0 Å². The van der Waals surface area contributed by atoms with E-state index in [1.165, 1.54) is 19.2 Å². The Labute approximate surface area is 171 Å². The van der Waals surface area contributed by atoms with E-state index < -0.39 is 10.0 Å². The van der Waals surface area contributed by atoms with E-state index in [-0.39, 0.29) is 40.0 Å². The molecule has 1 aliphatic carbocycles. The van der Waals surface area contributed by atoms with E-state index in [9.17, 15) is 18.0 Å². The molecule has 3 rings (SSSR count). The van der Waals surface area contributed by atoms with Crippen LogP contribution < -0.4 is 15.2 Å². The molecule has 8 nitrogen and oxygen atoms in total. The quantitative estimate of drug-likeness (QED) is 0.721. The maximum atomic E-state index is 13.0. The lowest BCUT2D eigenvalue weighted by molar-refractivity contribution is -0.123. The number of primary amides is 1. The van der Waals surface area contributed by atoms with Crippen molar-refractivity contribution < 1.29 is 22.7 Å². The van der Waals surface area contributed by atoms with Crippen LogP contribution in [0.1, 0.15) is 55.3 Å². The molecule has 0 unspecified atom stereocenters. The molecule has 0 atom stereocenters. The first-order chi connectivity index (χ1) is 13.8. The average Bonchev–Trinajstić information content (AvgIpc) is 2.73. The second kappa shape index (κ2) is 9.13. The van der Waals surface area contributed by atoms with E-state index >= 15 is 0 Å². The van der Waals surface area contributed by atoms with Crippen LogP contribution >= 0.6 is 0 Å². The van der Waals surface area contributed by atoms with E-state index in [1.807, 2.05) is 0 Å². The average molecular weight is 424 g/mol. The second-order valence-corrected chi connectivity index (χ2v) is 9.47. The molecule has 1 aromatic rings. The minimum atomic E-state index is -3.82. The van der Waals surface area contributed by atoms with Crippen molar-refractivity contribution in [2.75, 3.05) is 20.2 Å². The first kappa shape index (κ1) is 21.6. The van der Waals surface area contributed by atoms with Gasteiger partial charge >= 0.3 is 0 Å². The molecule has 2 fully saturated rings. The summed E-state index contributed by atoms with van der Waals surface area (Å²) in [5.41, 5.74) is 5.63. The van der Waals surface area contributed by atoms with E-state index in [2.05, 4.69) is 4.72 Å². The Kier molecular flexibility index (Phi) is 6.79. The Morgan fingerprint density at radius 1 is 1.10 bits per heavy atom. The highest BCUT2D eigenvalue weighted by molar-refractivity contribution is 7.89. The van der Waals surface area contributed by atoms with Gasteiger partial charge in [-0.25, -0.2) is 13.1 Å². The van der Waals surface area contributed by atoms with Crippen molar-refractivity contribution >= 4 is 21.8 Å². The topological polar surface area (TPSA) is 119 Å². The fourth-order valence-corrected chi connectivity index (χ4v) is 5.57. The molecule has 9 heteroatoms. The largest absolute Gasteiger partial charge is 0.495 e. The molecule has 1 saturated heterocycles. The molecule has 1 aromatic carbocycles. The fourth-order valence-electron chi connectivity index (χ4n) is 4.07. The molecule has 1 aliphatic heterocycles. The van der Waals surface area contributed by atoms with Gasteiger partial charge in [-0.3, -0.25) is 9.59 Å². The lowest BCUT2D eigenvalue weighted by Crippen LogP contribution is -2.41. The first-order valence-corrected chi connectivity index (χ1v) is 11.6. The number of carbonyl (C=O) groups excluding carboxylic acids is 2. The summed E-state index contributed by atoms with van der Waals surface area (Å²) in [5, 5.41) is 0. The summed E-state index contributed by atoms with van der Waals surface area (Å²) in [4.78, 5) is 25.8. The normalized spacial score (nSPS) is 19.1. The summed E-state index contributed by atoms with van der Waals surface area (Å²) in [6.45, 7) is 0.835. The smallest absolute Gasteiger partial charge is 0.253 e. The number of piperidine rings is 1. The number of methoxy groups -OCH3 is 1. The van der Waals surface area contributed by atoms with Crippen LogP contribution in [0.4, 0.5) is 0 Å². The highest BCUT2D eigenvalue weighted by Crippen LogP contribution is 2.28. The Bertz CT molecular complexity index is 857. The van der Waals surface area contributed by atoms with E-state index in [0.717, 1.165) is 32.1 Å². The van der Waals surface area contributed by atoms with Gasteiger partial charge in [0.1, 0.15) is 10.6 Å². The maximum Gasteiger partial charge on any atom is 0.253 e. The van der Waals surface area contributed by atoms with Gasteiger partial charge < -0.3 is 15.4 Å². The molecular weight excluding hydrogens is 394 g/mol. The third-order valence-corrected chi connectivity index (χ3v) is 7.35. The number of likely N-dealkylation sites (tertiary alicyclic amines) is 1. The number of nitrogens with zero attached hydrogens (tertiary/aromatic N) is 1. The molecule has 0 bridgehead atoms. The molecule has 1 heterocycles. The first-order valence-electron chi connectivity index (χ1n) is 10.1. The number of ether oxygens (including phenoxy) is 1. The zero-order chi connectivity index (χ0) is 21.0. The van der Waals surface area contributed by atoms with Crippen molar-refractivity contribution in [3.8, 4) is 5.75 Å². The van der Waals surface area contributed by atoms with E-state index in [1.54, 1.807) is 11.0 Å². The molecular formula is C20H29N3O5S. The zero-order valence-corrected chi connectivity index (χ0v) is 17.5. The van der Waals surface area contributed by atoms with Crippen molar-refractivity contribution in [3.63, 3.8) is 0 Å². The SMILES string of the molecule is COc1ccc(C(=O)N2CCC(C(N)=O)CC2)cc1S(=O)(=O)NC1CCCCC1. The van der Waals surface area contributed by atoms with Crippen LogP contribution in [0, 0.1) is 5.92 Å². The van der Waals surface area contributed by atoms with Gasteiger partial charge in [0.05, 0.1) is 7.11 Å². The van der Waals surface area contributed by atoms with Gasteiger partial charge in [-0.1, -0.05) is 19.3 Å². The number of amides is 2. The van der Waals surface area contributed by atoms with Gasteiger partial charge in [-0.15, -0.1) is 0 Å². The minimum absolute atomic E-state index is 0.0246. The number of benzene rings is 1. The number of nitrogens with one attached hydrogen (secondary N) is 1. The number of sulfonamides is 1. The van der Waals surface area contributed by atoms with Gasteiger partial charge in [0.2, 0.25) is 15.9 Å². The molecule has 29 heavy (non-hydrogen) atoms. The summed E-state index contributed by atoms with van der Waals surface area (Å²) in [6, 6.07) is 4.37. The Morgan fingerprint density at radius 2 is 1.76 bits per heavy atom. The Hall–Kier alpha value is -2.13. The zero-order valence-electron chi connectivity index (χ0n) is 16.7. The van der Waals surface area contributed by atoms with Crippen LogP contribution in [0.3, 0.4) is 0 Å². The predicted molar refractivity (Wildman–Crippen MR) is 108 cm³/mol. The predicted octanol–water partition coefficient (Wildman–Crippen LogP) is 1.64. The summed E-state index contributed by atoms with van der Waals surface area (Å²) >= 11 is 0. The maximum absolute atomic E-state index is 13.0. The van der Waals surface area contributed by atoms with E-state index in [0.29, 0.717) is 25.9 Å². The van der Waals surface area contributed by atoms with Crippen LogP contribution in [0.5, 0.6) is 5.75 Å². The summed E-state index contributed by atoms with van der Waals surface area (Å²) in [5.74, 6) is -0.615. The van der Waals surface area contributed by atoms with Gasteiger partial charge in [-0.05, 0) is 43.9 Å². The van der Waals surface area contributed by atoms with Crippen molar-refractivity contribution in [3.05, 3.63) is 23.8 Å². The van der Waals surface area contributed by atoms with Crippen LogP contribution in [-0.2, 0) is 14.8 Å². The second-order valence-electron chi connectivity index (χ2n) is 7.79. The Balaban J connectivity index is 1.79. The Morgan fingerprint density at radius 3 is 2.34 bits per heavy atom. The monoisotopic (exact) mass is 423 g/mol. The third-order valence-electron chi connectivity index (χ3n) is 5.81. The molecule has 1 saturated carbocycles. The number of carbonyl (C=O) groups is 2. The fraction of sp³-hybridized carbons (Fsp3) is 0.600. The van der Waals surface area contributed by atoms with Crippen LogP contribution in [-0.4, -0.2) is 51.4 Å². The van der Waals surface area contributed by atoms with Crippen molar-refractivity contribution in [1.29, 1.82) is 0 Å². The van der Waals surface area contributed by atoms with Crippen molar-refractivity contribution in [1.82, 2.24) is 9.62 Å². The van der Waals surface area contributed by atoms with Gasteiger partial charge in [0.15, 0.2) is 0 Å². The standard InChI is InChI=1S/C20H29N3O5S/c1-28-17-8-7-15(20(25)23-11-9-14(10-12-23)19(21)24)13-18(17)29(26,27)22-16-5-3-2-4-6-16/h7-8,13-14,16,22H,2-6,9-12H2,1H3,(H2,21,24). The molecule has 3 N–H and O–H groups in total. The van der Waals surface area contributed by atoms with Crippen molar-refractivity contribution in [2.45, 2.75) is 55.9 Å². The van der Waals surface area contributed by atoms with Gasteiger partial charge in [0.25, 0.3) is 5.91 Å². The van der Waals surface area contributed by atoms with Crippen molar-refractivity contribution in [2.24, 2.45) is 11.7 Å². The van der Waals surface area contributed by atoms with Crippen LogP contribution in [0.15, 0.2) is 23.1 Å². The summed E-state index contributed by atoms with van der Waals surface area (Å²) < 4.78 is 34.0. The highest BCUT2D eigenvalue weighted by atomic mass is 32.2. The van der Waals surface area contributed by atoms with Gasteiger partial charge in [-0.2, -0.15) is 0 Å². The molecule has 160 valence electrons. The van der Waals surface area contributed by atoms with Gasteiger partial charge in [0, 0.05) is 30.6 Å². The van der Waals surface area contributed by atoms with E-state index in [4.69, 9.17) is 10.5 Å². The molecule has 0 spiro atoms. The molecule has 2 aliphatic rings. The minimum Gasteiger partial charge on any atom is -0.495 e. The number of rotatable bonds is 6. The molecule has 2 amide bonds. The summed E-state index contributed by atoms with van der Waals surface area (Å²) in [6.07, 6.45) is 5.80. The number of nitrogens with two attached hydrogens (primary N) is 1.